The number of carbonyl (C=O) groups is 1. The van der Waals surface area contributed by atoms with Crippen molar-refractivity contribution in [2.75, 3.05) is 49.6 Å². The minimum absolute atomic E-state index is 0.168. The molecule has 2 aromatic rings. The second-order valence-corrected chi connectivity index (χ2v) is 10.1. The fourth-order valence-electron chi connectivity index (χ4n) is 4.26. The minimum Gasteiger partial charge on any atom is -0.444 e. The number of benzene rings is 1. The highest BCUT2D eigenvalue weighted by molar-refractivity contribution is 6.34. The number of ether oxygens (including phenoxy) is 2. The van der Waals surface area contributed by atoms with Crippen LogP contribution in [0.2, 0.25) is 5.02 Å². The fraction of sp³-hybridized carbons (Fsp3) is 0.565. The highest BCUT2D eigenvalue weighted by Crippen LogP contribution is 2.34. The number of hydrogen-bond donors (Lipinski definition) is 1. The Bertz CT molecular complexity index is 1010. The van der Waals surface area contributed by atoms with Crippen molar-refractivity contribution >= 4 is 40.0 Å². The molecule has 7 nitrogen and oxygen atoms in total. The number of aromatic nitrogens is 1. The van der Waals surface area contributed by atoms with E-state index in [-0.39, 0.29) is 6.61 Å². The molecule has 2 fully saturated rings. The third-order valence-corrected chi connectivity index (χ3v) is 6.40. The average molecular weight is 465 g/mol. The number of piperazine rings is 1. The van der Waals surface area contributed by atoms with Crippen molar-refractivity contribution in [1.29, 1.82) is 0 Å². The zero-order valence-electron chi connectivity index (χ0n) is 19.0. The highest BCUT2D eigenvalue weighted by Gasteiger charge is 2.46. The number of hydrogen-bond acceptors (Lipinski definition) is 6. The molecule has 3 heterocycles. The van der Waals surface area contributed by atoms with Gasteiger partial charge in [-0.3, -0.25) is 10.2 Å². The first kappa shape index (κ1) is 23.0. The largest absolute Gasteiger partial charge is 0.444 e. The number of halogens is 2. The van der Waals surface area contributed by atoms with Crippen molar-refractivity contribution < 1.29 is 18.7 Å². The van der Waals surface area contributed by atoms with Gasteiger partial charge in [-0.2, -0.15) is 0 Å². The summed E-state index contributed by atoms with van der Waals surface area (Å²) in [7, 11) is 0. The van der Waals surface area contributed by atoms with Crippen LogP contribution in [0.15, 0.2) is 24.4 Å². The standard InChI is InChI=1S/C23H30ClFN4O3/c1-22(2,3)32-21(30)27-20-11-15-10-18(17(24)9-16(15)12-26-20)28-5-7-29(8-6-28)23(4)14-31-13-19(23)25/h9-12,19H,5-8,13-14H2,1-4H3,(H,26,27,30). The van der Waals surface area contributed by atoms with Gasteiger partial charge in [0.15, 0.2) is 0 Å². The number of fused-ring (bicyclic) bond motifs is 1. The van der Waals surface area contributed by atoms with Gasteiger partial charge in [0.2, 0.25) is 0 Å². The van der Waals surface area contributed by atoms with Gasteiger partial charge in [0.25, 0.3) is 0 Å². The number of carbonyl (C=O) groups excluding carboxylic acids is 1. The van der Waals surface area contributed by atoms with Crippen LogP contribution in [0.1, 0.15) is 27.7 Å². The number of alkyl halides is 1. The monoisotopic (exact) mass is 464 g/mol. The van der Waals surface area contributed by atoms with E-state index in [0.717, 1.165) is 42.6 Å². The molecule has 2 aliphatic heterocycles. The van der Waals surface area contributed by atoms with Gasteiger partial charge in [-0.15, -0.1) is 0 Å². The van der Waals surface area contributed by atoms with Crippen molar-refractivity contribution in [3.8, 4) is 0 Å². The van der Waals surface area contributed by atoms with Gasteiger partial charge in [-0.1, -0.05) is 11.6 Å². The summed E-state index contributed by atoms with van der Waals surface area (Å²) in [5, 5.41) is 5.10. The van der Waals surface area contributed by atoms with Crippen LogP contribution in [0.4, 0.5) is 20.7 Å². The number of nitrogens with one attached hydrogen (secondary N) is 1. The molecule has 4 rings (SSSR count). The third kappa shape index (κ3) is 4.77. The van der Waals surface area contributed by atoms with Gasteiger partial charge in [0, 0.05) is 37.8 Å². The Balaban J connectivity index is 1.49. The lowest BCUT2D eigenvalue weighted by molar-refractivity contribution is 0.0448. The molecular weight excluding hydrogens is 435 g/mol. The van der Waals surface area contributed by atoms with Crippen molar-refractivity contribution in [3.05, 3.63) is 29.4 Å². The molecule has 2 atom stereocenters. The van der Waals surface area contributed by atoms with Crippen LogP contribution in [0, 0.1) is 0 Å². The van der Waals surface area contributed by atoms with Gasteiger partial charge in [0.05, 0.1) is 29.5 Å². The molecule has 2 unspecified atom stereocenters. The Kier molecular flexibility index (Phi) is 6.22. The number of nitrogens with zero attached hydrogens (tertiary/aromatic N) is 3. The zero-order chi connectivity index (χ0) is 23.1. The van der Waals surface area contributed by atoms with E-state index < -0.39 is 23.4 Å². The van der Waals surface area contributed by atoms with Crippen LogP contribution in [0.25, 0.3) is 10.8 Å². The molecule has 174 valence electrons. The topological polar surface area (TPSA) is 66.9 Å². The van der Waals surface area contributed by atoms with Crippen molar-refractivity contribution in [2.24, 2.45) is 0 Å². The molecule has 32 heavy (non-hydrogen) atoms. The Morgan fingerprint density at radius 2 is 1.97 bits per heavy atom. The van der Waals surface area contributed by atoms with Gasteiger partial charge in [-0.25, -0.2) is 14.2 Å². The van der Waals surface area contributed by atoms with Gasteiger partial charge < -0.3 is 14.4 Å². The molecule has 0 spiro atoms. The number of amides is 1. The first-order valence-electron chi connectivity index (χ1n) is 10.9. The predicted octanol–water partition coefficient (Wildman–Crippen LogP) is 4.48. The molecule has 0 aliphatic carbocycles. The van der Waals surface area contributed by atoms with Crippen molar-refractivity contribution in [3.63, 3.8) is 0 Å². The molecule has 1 aromatic heterocycles. The summed E-state index contributed by atoms with van der Waals surface area (Å²) in [6.45, 7) is 10.9. The van der Waals surface area contributed by atoms with Crippen LogP contribution >= 0.6 is 11.6 Å². The minimum atomic E-state index is -0.971. The molecule has 9 heteroatoms. The summed E-state index contributed by atoms with van der Waals surface area (Å²) in [6.07, 6.45) is 0.157. The normalized spacial score (nSPS) is 24.7. The Labute approximate surface area is 192 Å². The Morgan fingerprint density at radius 1 is 1.25 bits per heavy atom. The summed E-state index contributed by atoms with van der Waals surface area (Å²) < 4.78 is 25.1. The number of pyridine rings is 1. The van der Waals surface area contributed by atoms with E-state index in [4.69, 9.17) is 21.1 Å². The van der Waals surface area contributed by atoms with E-state index in [1.54, 1.807) is 12.3 Å². The molecule has 1 N–H and O–H groups in total. The molecule has 0 radical (unpaired) electrons. The first-order valence-corrected chi connectivity index (χ1v) is 11.2. The summed E-state index contributed by atoms with van der Waals surface area (Å²) in [5.74, 6) is 0.410. The molecule has 1 aromatic carbocycles. The molecule has 2 saturated heterocycles. The van der Waals surface area contributed by atoms with E-state index in [2.05, 4.69) is 20.1 Å². The molecule has 0 saturated carbocycles. The zero-order valence-corrected chi connectivity index (χ0v) is 19.7. The van der Waals surface area contributed by atoms with E-state index >= 15 is 0 Å². The quantitative estimate of drug-likeness (QED) is 0.722. The molecule has 1 amide bonds. The summed E-state index contributed by atoms with van der Waals surface area (Å²) in [5.41, 5.74) is -0.237. The van der Waals surface area contributed by atoms with E-state index in [9.17, 15) is 9.18 Å². The summed E-state index contributed by atoms with van der Waals surface area (Å²) in [6, 6.07) is 5.69. The lowest BCUT2D eigenvalue weighted by atomic mass is 9.96. The molecule has 0 bridgehead atoms. The van der Waals surface area contributed by atoms with Crippen LogP contribution in [-0.2, 0) is 9.47 Å². The van der Waals surface area contributed by atoms with Crippen molar-refractivity contribution in [2.45, 2.75) is 45.0 Å². The lowest BCUT2D eigenvalue weighted by Crippen LogP contribution is -2.59. The lowest BCUT2D eigenvalue weighted by Gasteiger charge is -2.44. The molecular formula is C23H30ClFN4O3. The van der Waals surface area contributed by atoms with Gasteiger partial charge in [-0.05, 0) is 51.3 Å². The second kappa shape index (κ2) is 8.65. The summed E-state index contributed by atoms with van der Waals surface area (Å²) >= 11 is 6.59. The van der Waals surface area contributed by atoms with Crippen LogP contribution in [-0.4, -0.2) is 72.7 Å². The number of anilines is 2. The highest BCUT2D eigenvalue weighted by atomic mass is 35.5. The number of rotatable bonds is 3. The van der Waals surface area contributed by atoms with Crippen LogP contribution < -0.4 is 10.2 Å². The fourth-order valence-corrected chi connectivity index (χ4v) is 4.55. The average Bonchev–Trinajstić information content (AvgIpc) is 3.06. The maximum atomic E-state index is 14.4. The Morgan fingerprint density at radius 3 is 2.59 bits per heavy atom. The van der Waals surface area contributed by atoms with E-state index in [1.807, 2.05) is 39.8 Å². The van der Waals surface area contributed by atoms with Crippen molar-refractivity contribution in [1.82, 2.24) is 9.88 Å². The van der Waals surface area contributed by atoms with Crippen LogP contribution in [0.3, 0.4) is 0 Å². The predicted molar refractivity (Wildman–Crippen MR) is 125 cm³/mol. The second-order valence-electron chi connectivity index (χ2n) is 9.66. The SMILES string of the molecule is CC(C)(C)OC(=O)Nc1cc2cc(N3CCN(C4(C)COCC4F)CC3)c(Cl)cc2cn1. The maximum Gasteiger partial charge on any atom is 0.413 e. The Hall–Kier alpha value is -2.16. The first-order chi connectivity index (χ1) is 15.0. The van der Waals surface area contributed by atoms with E-state index in [1.165, 1.54) is 0 Å². The maximum absolute atomic E-state index is 14.4. The molecule has 2 aliphatic rings. The van der Waals surface area contributed by atoms with Gasteiger partial charge in [0.1, 0.15) is 17.6 Å². The smallest absolute Gasteiger partial charge is 0.413 e. The summed E-state index contributed by atoms with van der Waals surface area (Å²) in [4.78, 5) is 20.8. The van der Waals surface area contributed by atoms with E-state index in [0.29, 0.717) is 17.4 Å². The third-order valence-electron chi connectivity index (χ3n) is 6.09. The van der Waals surface area contributed by atoms with Gasteiger partial charge >= 0.3 is 6.09 Å². The van der Waals surface area contributed by atoms with Crippen LogP contribution in [0.5, 0.6) is 0 Å².